The van der Waals surface area contributed by atoms with Crippen LogP contribution in [0.1, 0.15) is 50.3 Å². The Balaban J connectivity index is 1.32. The molecule has 1 saturated heterocycles. The minimum Gasteiger partial charge on any atom is -0.309 e. The average molecular weight is 475 g/mol. The molecule has 7 nitrogen and oxygen atoms in total. The molecule has 178 valence electrons. The second-order valence-electron chi connectivity index (χ2n) is 9.03. The number of carbonyl (C=O) groups excluding carboxylic acids is 1. The van der Waals surface area contributed by atoms with Gasteiger partial charge in [-0.05, 0) is 74.1 Å². The lowest BCUT2D eigenvalue weighted by atomic mass is 10.00. The summed E-state index contributed by atoms with van der Waals surface area (Å²) < 4.78 is 40.8. The molecule has 2 aliphatic rings. The minimum atomic E-state index is -3.61. The van der Waals surface area contributed by atoms with Crippen molar-refractivity contribution in [1.29, 1.82) is 0 Å². The fourth-order valence-electron chi connectivity index (χ4n) is 4.83. The molecule has 3 unspecified atom stereocenters. The molecule has 2 N–H and O–H groups in total. The molecule has 9 heteroatoms. The third kappa shape index (κ3) is 4.96. The van der Waals surface area contributed by atoms with Gasteiger partial charge in [-0.2, -0.15) is 0 Å². The highest BCUT2D eigenvalue weighted by atomic mass is 32.2. The first-order chi connectivity index (χ1) is 15.7. The van der Waals surface area contributed by atoms with Crippen LogP contribution in [-0.2, 0) is 21.2 Å². The molecule has 0 saturated carbocycles. The molecule has 0 bridgehead atoms. The van der Waals surface area contributed by atoms with Gasteiger partial charge in [0.1, 0.15) is 5.82 Å². The van der Waals surface area contributed by atoms with Crippen molar-refractivity contribution in [3.8, 4) is 0 Å². The molecule has 2 aromatic carbocycles. The zero-order valence-corrected chi connectivity index (χ0v) is 20.0. The summed E-state index contributed by atoms with van der Waals surface area (Å²) in [5.74, 6) is -0.287. The number of nitrogens with zero attached hydrogens (tertiary/aromatic N) is 2. The van der Waals surface area contributed by atoms with Crippen molar-refractivity contribution in [3.63, 3.8) is 0 Å². The van der Waals surface area contributed by atoms with Gasteiger partial charge in [-0.3, -0.25) is 15.6 Å². The number of hydrazine groups is 1. The number of amides is 1. The number of rotatable bonds is 7. The summed E-state index contributed by atoms with van der Waals surface area (Å²) in [6, 6.07) is 11.9. The molecular formula is C24H31FN4O3S. The Hall–Kier alpha value is -2.33. The second-order valence-corrected chi connectivity index (χ2v) is 11.1. The van der Waals surface area contributed by atoms with E-state index in [0.29, 0.717) is 19.4 Å². The third-order valence-corrected chi connectivity index (χ3v) is 8.45. The van der Waals surface area contributed by atoms with Gasteiger partial charge in [-0.25, -0.2) is 17.1 Å². The Morgan fingerprint density at radius 3 is 2.61 bits per heavy atom. The van der Waals surface area contributed by atoms with Crippen LogP contribution in [0.25, 0.3) is 0 Å². The zero-order chi connectivity index (χ0) is 23.8. The van der Waals surface area contributed by atoms with Crippen LogP contribution in [0.15, 0.2) is 47.4 Å². The smallest absolute Gasteiger partial charge is 0.242 e. The molecule has 1 amide bonds. The molecule has 33 heavy (non-hydrogen) atoms. The van der Waals surface area contributed by atoms with E-state index in [1.807, 2.05) is 6.92 Å². The highest BCUT2D eigenvalue weighted by molar-refractivity contribution is 7.89. The van der Waals surface area contributed by atoms with Crippen LogP contribution in [0.4, 0.5) is 10.1 Å². The maximum Gasteiger partial charge on any atom is 0.242 e. The van der Waals surface area contributed by atoms with E-state index in [0.717, 1.165) is 29.7 Å². The molecule has 4 rings (SSSR count). The summed E-state index contributed by atoms with van der Waals surface area (Å²) >= 11 is 0. The summed E-state index contributed by atoms with van der Waals surface area (Å²) in [6.45, 7) is 3.91. The van der Waals surface area contributed by atoms with Crippen LogP contribution in [0.5, 0.6) is 0 Å². The minimum absolute atomic E-state index is 0.0273. The van der Waals surface area contributed by atoms with E-state index < -0.39 is 10.0 Å². The third-order valence-electron chi connectivity index (χ3n) is 6.59. The first-order valence-electron chi connectivity index (χ1n) is 11.3. The molecule has 1 fully saturated rings. The summed E-state index contributed by atoms with van der Waals surface area (Å²) in [7, 11) is -2.01. The molecule has 2 aliphatic heterocycles. The number of carbonyl (C=O) groups is 1. The first kappa shape index (κ1) is 23.8. The van der Waals surface area contributed by atoms with Crippen molar-refractivity contribution in [2.75, 3.05) is 18.5 Å². The SMILES string of the molecule is CC(=O)N1c2ccc(S(=O)(=O)N(C)CCCC3CC(c4ccc(F)cc4)NN3)cc2CC1C. The van der Waals surface area contributed by atoms with Gasteiger partial charge < -0.3 is 4.90 Å². The summed E-state index contributed by atoms with van der Waals surface area (Å²) in [6.07, 6.45) is 3.04. The van der Waals surface area contributed by atoms with Gasteiger partial charge in [0.05, 0.1) is 4.90 Å². The zero-order valence-electron chi connectivity index (χ0n) is 19.2. The summed E-state index contributed by atoms with van der Waals surface area (Å²) in [5.41, 5.74) is 9.22. The lowest BCUT2D eigenvalue weighted by molar-refractivity contribution is -0.116. The predicted octanol–water partition coefficient (Wildman–Crippen LogP) is 3.13. The largest absolute Gasteiger partial charge is 0.309 e. The topological polar surface area (TPSA) is 81.8 Å². The van der Waals surface area contributed by atoms with E-state index in [4.69, 9.17) is 0 Å². The highest BCUT2D eigenvalue weighted by Gasteiger charge is 2.31. The number of sulfonamides is 1. The first-order valence-corrected chi connectivity index (χ1v) is 12.8. The van der Waals surface area contributed by atoms with Crippen LogP contribution in [0.3, 0.4) is 0 Å². The quantitative estimate of drug-likeness (QED) is 0.644. The molecule has 0 radical (unpaired) electrons. The van der Waals surface area contributed by atoms with Gasteiger partial charge >= 0.3 is 0 Å². The van der Waals surface area contributed by atoms with Crippen molar-refractivity contribution >= 4 is 21.6 Å². The number of hydrogen-bond donors (Lipinski definition) is 2. The second kappa shape index (κ2) is 9.50. The molecule has 2 aromatic rings. The molecule has 3 atom stereocenters. The number of benzene rings is 2. The predicted molar refractivity (Wildman–Crippen MR) is 126 cm³/mol. The van der Waals surface area contributed by atoms with Crippen LogP contribution in [0, 0.1) is 5.82 Å². The number of anilines is 1. The number of nitrogens with one attached hydrogen (secondary N) is 2. The van der Waals surface area contributed by atoms with Gasteiger partial charge in [0.25, 0.3) is 0 Å². The van der Waals surface area contributed by atoms with Gasteiger partial charge in [0, 0.05) is 44.3 Å². The fraction of sp³-hybridized carbons (Fsp3) is 0.458. The number of halogens is 1. The van der Waals surface area contributed by atoms with Crippen LogP contribution < -0.4 is 15.8 Å². The molecule has 0 aliphatic carbocycles. The van der Waals surface area contributed by atoms with E-state index >= 15 is 0 Å². The lowest BCUT2D eigenvalue weighted by Gasteiger charge is -2.21. The molecule has 0 spiro atoms. The Morgan fingerprint density at radius 2 is 1.91 bits per heavy atom. The van der Waals surface area contributed by atoms with Crippen molar-refractivity contribution in [1.82, 2.24) is 15.2 Å². The standard InChI is InChI=1S/C24H31FN4O3S/c1-16-13-19-14-22(10-11-24(19)29(16)17(2)30)33(31,32)28(3)12-4-5-21-15-23(27-26-21)18-6-8-20(25)9-7-18/h6-11,14,16,21,23,26-27H,4-5,12-13,15H2,1-3H3. The van der Waals surface area contributed by atoms with E-state index in [1.54, 1.807) is 42.3 Å². The van der Waals surface area contributed by atoms with Crippen molar-refractivity contribution in [3.05, 3.63) is 59.4 Å². The highest BCUT2D eigenvalue weighted by Crippen LogP contribution is 2.34. The Labute approximate surface area is 195 Å². The van der Waals surface area contributed by atoms with E-state index in [1.165, 1.54) is 23.4 Å². The normalized spacial score (nSPS) is 22.7. The van der Waals surface area contributed by atoms with Crippen molar-refractivity contribution in [2.24, 2.45) is 0 Å². The average Bonchev–Trinajstić information content (AvgIpc) is 3.37. The Bertz CT molecular complexity index is 1120. The lowest BCUT2D eigenvalue weighted by Crippen LogP contribution is -2.33. The van der Waals surface area contributed by atoms with Gasteiger partial charge in [-0.15, -0.1) is 0 Å². The van der Waals surface area contributed by atoms with E-state index in [9.17, 15) is 17.6 Å². The van der Waals surface area contributed by atoms with Crippen LogP contribution in [0.2, 0.25) is 0 Å². The Morgan fingerprint density at radius 1 is 1.18 bits per heavy atom. The fourth-order valence-corrected chi connectivity index (χ4v) is 6.09. The van der Waals surface area contributed by atoms with Gasteiger partial charge in [0.2, 0.25) is 15.9 Å². The molecule has 0 aromatic heterocycles. The Kier molecular flexibility index (Phi) is 6.86. The monoisotopic (exact) mass is 474 g/mol. The van der Waals surface area contributed by atoms with Gasteiger partial charge in [0.15, 0.2) is 0 Å². The summed E-state index contributed by atoms with van der Waals surface area (Å²) in [5, 5.41) is 0. The maximum absolute atomic E-state index is 13.1. The van der Waals surface area contributed by atoms with Crippen LogP contribution in [-0.4, -0.2) is 44.3 Å². The maximum atomic E-state index is 13.1. The van der Waals surface area contributed by atoms with Gasteiger partial charge in [-0.1, -0.05) is 12.1 Å². The molecular weight excluding hydrogens is 443 g/mol. The van der Waals surface area contributed by atoms with Crippen molar-refractivity contribution < 1.29 is 17.6 Å². The van der Waals surface area contributed by atoms with Crippen molar-refractivity contribution in [2.45, 2.75) is 62.6 Å². The van der Waals surface area contributed by atoms with E-state index in [-0.39, 0.29) is 34.7 Å². The van der Waals surface area contributed by atoms with E-state index in [2.05, 4.69) is 10.9 Å². The van der Waals surface area contributed by atoms with Crippen LogP contribution >= 0.6 is 0 Å². The number of hydrogen-bond acceptors (Lipinski definition) is 5. The summed E-state index contributed by atoms with van der Waals surface area (Å²) in [4.78, 5) is 13.9. The molecule has 2 heterocycles. The number of fused-ring (bicyclic) bond motifs is 1.